The van der Waals surface area contributed by atoms with Crippen molar-refractivity contribution in [3.05, 3.63) is 34.4 Å². The fourth-order valence-corrected chi connectivity index (χ4v) is 3.58. The van der Waals surface area contributed by atoms with Crippen LogP contribution in [0.5, 0.6) is 0 Å². The molecule has 0 amide bonds. The van der Waals surface area contributed by atoms with Gasteiger partial charge < -0.3 is 10.3 Å². The zero-order valence-electron chi connectivity index (χ0n) is 11.8. The number of thiophene rings is 1. The first kappa shape index (κ1) is 15.7. The Bertz CT molecular complexity index is 780. The smallest absolute Gasteiger partial charge is 0.262 e. The molecule has 0 aliphatic rings. The van der Waals surface area contributed by atoms with Gasteiger partial charge in [0, 0.05) is 26.8 Å². The summed E-state index contributed by atoms with van der Waals surface area (Å²) in [6.07, 6.45) is 2.95. The molecule has 112 valence electrons. The number of rotatable bonds is 4. The lowest BCUT2D eigenvalue weighted by molar-refractivity contribution is 0.464. The largest absolute Gasteiger partial charge is 0.339 e. The van der Waals surface area contributed by atoms with Crippen molar-refractivity contribution in [2.45, 2.75) is 11.6 Å². The highest BCUT2D eigenvalue weighted by Crippen LogP contribution is 2.18. The second-order valence-electron chi connectivity index (χ2n) is 4.46. The van der Waals surface area contributed by atoms with Crippen molar-refractivity contribution in [2.75, 3.05) is 13.6 Å². The fourth-order valence-electron chi connectivity index (χ4n) is 1.69. The first-order chi connectivity index (χ1) is 9.93. The normalized spacial score (nSPS) is 11.4. The van der Waals surface area contributed by atoms with E-state index in [1.54, 1.807) is 11.6 Å². The SMILES string of the molecule is CN(Cc1csc(C#CCN)c1)S(=O)(=O)c1cn(C)cn1. The molecule has 0 aliphatic carbocycles. The lowest BCUT2D eigenvalue weighted by Crippen LogP contribution is -2.26. The van der Waals surface area contributed by atoms with E-state index in [0.717, 1.165) is 10.4 Å². The topological polar surface area (TPSA) is 81.2 Å². The Morgan fingerprint density at radius 2 is 2.29 bits per heavy atom. The summed E-state index contributed by atoms with van der Waals surface area (Å²) in [5.41, 5.74) is 6.21. The molecule has 0 radical (unpaired) electrons. The second-order valence-corrected chi connectivity index (χ2v) is 7.37. The van der Waals surface area contributed by atoms with Crippen LogP contribution in [-0.2, 0) is 23.6 Å². The number of aromatic nitrogens is 2. The lowest BCUT2D eigenvalue weighted by Gasteiger charge is -2.14. The van der Waals surface area contributed by atoms with Crippen molar-refractivity contribution in [1.29, 1.82) is 0 Å². The summed E-state index contributed by atoms with van der Waals surface area (Å²) >= 11 is 1.47. The Labute approximate surface area is 128 Å². The van der Waals surface area contributed by atoms with Crippen LogP contribution in [0.15, 0.2) is 29.0 Å². The molecular formula is C13H16N4O2S2. The van der Waals surface area contributed by atoms with Crippen LogP contribution in [0, 0.1) is 11.8 Å². The van der Waals surface area contributed by atoms with E-state index in [1.807, 2.05) is 11.4 Å². The maximum absolute atomic E-state index is 12.3. The van der Waals surface area contributed by atoms with Gasteiger partial charge in [-0.2, -0.15) is 4.31 Å². The number of imidazole rings is 1. The van der Waals surface area contributed by atoms with Crippen molar-refractivity contribution in [3.63, 3.8) is 0 Å². The van der Waals surface area contributed by atoms with Crippen LogP contribution in [0.1, 0.15) is 10.4 Å². The van der Waals surface area contributed by atoms with Crippen LogP contribution in [0.3, 0.4) is 0 Å². The first-order valence-electron chi connectivity index (χ1n) is 6.14. The minimum atomic E-state index is -3.57. The first-order valence-corrected chi connectivity index (χ1v) is 8.46. The molecule has 0 unspecified atom stereocenters. The lowest BCUT2D eigenvalue weighted by atomic mass is 10.3. The highest BCUT2D eigenvalue weighted by Gasteiger charge is 2.23. The van der Waals surface area contributed by atoms with Gasteiger partial charge in [0.05, 0.1) is 17.7 Å². The van der Waals surface area contributed by atoms with E-state index in [9.17, 15) is 8.42 Å². The predicted octanol–water partition coefficient (Wildman–Crippen LogP) is 0.612. The Balaban J connectivity index is 2.14. The van der Waals surface area contributed by atoms with Crippen molar-refractivity contribution in [1.82, 2.24) is 13.9 Å². The summed E-state index contributed by atoms with van der Waals surface area (Å²) in [6.45, 7) is 0.584. The van der Waals surface area contributed by atoms with Crippen molar-refractivity contribution < 1.29 is 8.42 Å². The van der Waals surface area contributed by atoms with E-state index in [4.69, 9.17) is 5.73 Å². The number of hydrogen-bond donors (Lipinski definition) is 1. The number of hydrogen-bond acceptors (Lipinski definition) is 5. The summed E-state index contributed by atoms with van der Waals surface area (Å²) in [5.74, 6) is 5.71. The number of sulfonamides is 1. The Kier molecular flexibility index (Phi) is 4.80. The van der Waals surface area contributed by atoms with Crippen LogP contribution in [-0.4, -0.2) is 35.9 Å². The molecule has 0 aromatic carbocycles. The molecular weight excluding hydrogens is 308 g/mol. The van der Waals surface area contributed by atoms with Crippen LogP contribution < -0.4 is 5.73 Å². The van der Waals surface area contributed by atoms with E-state index in [2.05, 4.69) is 16.8 Å². The van der Waals surface area contributed by atoms with Gasteiger partial charge in [0.2, 0.25) is 0 Å². The molecule has 0 fully saturated rings. The highest BCUT2D eigenvalue weighted by molar-refractivity contribution is 7.89. The predicted molar refractivity (Wildman–Crippen MR) is 82.1 cm³/mol. The third-order valence-electron chi connectivity index (χ3n) is 2.73. The molecule has 2 aromatic heterocycles. The van der Waals surface area contributed by atoms with E-state index in [1.165, 1.54) is 35.2 Å². The molecule has 0 bridgehead atoms. The molecule has 0 spiro atoms. The summed E-state index contributed by atoms with van der Waals surface area (Å²) in [5, 5.41) is 1.94. The maximum Gasteiger partial charge on any atom is 0.262 e. The third kappa shape index (κ3) is 3.71. The summed E-state index contributed by atoms with van der Waals surface area (Å²) < 4.78 is 27.6. The number of nitrogens with two attached hydrogens (primary N) is 1. The monoisotopic (exact) mass is 324 g/mol. The minimum absolute atomic E-state index is 0.0471. The van der Waals surface area contributed by atoms with Crippen LogP contribution in [0.25, 0.3) is 0 Å². The molecule has 2 rings (SSSR count). The van der Waals surface area contributed by atoms with Gasteiger partial charge in [-0.1, -0.05) is 11.8 Å². The van der Waals surface area contributed by atoms with Crippen LogP contribution >= 0.6 is 11.3 Å². The summed E-state index contributed by atoms with van der Waals surface area (Å²) in [7, 11) is -0.310. The average Bonchev–Trinajstić information content (AvgIpc) is 3.05. The van der Waals surface area contributed by atoms with Gasteiger partial charge in [-0.3, -0.25) is 0 Å². The molecule has 0 aliphatic heterocycles. The molecule has 2 heterocycles. The fraction of sp³-hybridized carbons (Fsp3) is 0.308. The number of nitrogens with zero attached hydrogens (tertiary/aromatic N) is 3. The molecule has 6 nitrogen and oxygen atoms in total. The summed E-state index contributed by atoms with van der Waals surface area (Å²) in [4.78, 5) is 4.77. The second kappa shape index (κ2) is 6.41. The van der Waals surface area contributed by atoms with Crippen molar-refractivity contribution in [3.8, 4) is 11.8 Å². The van der Waals surface area contributed by atoms with Gasteiger partial charge in [0.15, 0.2) is 5.03 Å². The van der Waals surface area contributed by atoms with Gasteiger partial charge in [0.25, 0.3) is 10.0 Å². The maximum atomic E-state index is 12.3. The molecule has 2 aromatic rings. The zero-order chi connectivity index (χ0) is 15.5. The van der Waals surface area contributed by atoms with E-state index in [-0.39, 0.29) is 11.6 Å². The van der Waals surface area contributed by atoms with Crippen LogP contribution in [0.2, 0.25) is 0 Å². The number of aryl methyl sites for hydroxylation is 1. The standard InChI is InChI=1S/C13H16N4O2S2/c1-16-8-13(15-10-16)21(18,19)17(2)7-11-6-12(20-9-11)4-3-5-14/h6,8-10H,5,7,14H2,1-2H3. The molecule has 21 heavy (non-hydrogen) atoms. The summed E-state index contributed by atoms with van der Waals surface area (Å²) in [6, 6.07) is 1.87. The third-order valence-corrected chi connectivity index (χ3v) is 5.31. The van der Waals surface area contributed by atoms with Gasteiger partial charge in [-0.15, -0.1) is 11.3 Å². The highest BCUT2D eigenvalue weighted by atomic mass is 32.2. The Morgan fingerprint density at radius 3 is 2.90 bits per heavy atom. The quantitative estimate of drug-likeness (QED) is 0.836. The minimum Gasteiger partial charge on any atom is -0.339 e. The Hall–Kier alpha value is -1.66. The van der Waals surface area contributed by atoms with Gasteiger partial charge in [-0.05, 0) is 17.0 Å². The van der Waals surface area contributed by atoms with Gasteiger partial charge in [-0.25, -0.2) is 13.4 Å². The Morgan fingerprint density at radius 1 is 1.52 bits per heavy atom. The van der Waals surface area contributed by atoms with Gasteiger partial charge in [0.1, 0.15) is 0 Å². The molecule has 0 saturated carbocycles. The molecule has 0 atom stereocenters. The van der Waals surface area contributed by atoms with Crippen LogP contribution in [0.4, 0.5) is 0 Å². The molecule has 8 heteroatoms. The average molecular weight is 324 g/mol. The zero-order valence-corrected chi connectivity index (χ0v) is 13.4. The van der Waals surface area contributed by atoms with E-state index >= 15 is 0 Å². The van der Waals surface area contributed by atoms with Gasteiger partial charge >= 0.3 is 0 Å². The van der Waals surface area contributed by atoms with Crippen molar-refractivity contribution in [2.24, 2.45) is 12.8 Å². The molecule has 0 saturated heterocycles. The van der Waals surface area contributed by atoms with Crippen molar-refractivity contribution >= 4 is 21.4 Å². The van der Waals surface area contributed by atoms with E-state index in [0.29, 0.717) is 6.54 Å². The molecule has 2 N–H and O–H groups in total. The van der Waals surface area contributed by atoms with E-state index < -0.39 is 10.0 Å².